The van der Waals surface area contributed by atoms with Gasteiger partial charge in [-0.2, -0.15) is 5.10 Å². The molecule has 0 bridgehead atoms. The summed E-state index contributed by atoms with van der Waals surface area (Å²) in [4.78, 5) is 4.57. The Morgan fingerprint density at radius 3 is 2.69 bits per heavy atom. The Morgan fingerprint density at radius 2 is 2.04 bits per heavy atom. The van der Waals surface area contributed by atoms with Crippen LogP contribution in [-0.2, 0) is 16.4 Å². The molecule has 0 aliphatic carbocycles. The van der Waals surface area contributed by atoms with Gasteiger partial charge in [0.1, 0.15) is 9.84 Å². The highest BCUT2D eigenvalue weighted by molar-refractivity contribution is 7.90. The maximum absolute atomic E-state index is 11.3. The Balaban J connectivity index is 1.97. The van der Waals surface area contributed by atoms with Crippen molar-refractivity contribution in [1.82, 2.24) is 20.4 Å². The van der Waals surface area contributed by atoms with Gasteiger partial charge in [0.15, 0.2) is 5.96 Å². The number of sulfone groups is 1. The van der Waals surface area contributed by atoms with E-state index in [1.165, 1.54) is 6.26 Å². The van der Waals surface area contributed by atoms with E-state index in [1.54, 1.807) is 6.20 Å². The molecule has 0 aliphatic heterocycles. The molecule has 0 amide bonds. The molecule has 1 aromatic heterocycles. The Labute approximate surface area is 155 Å². The molecule has 0 spiro atoms. The summed E-state index contributed by atoms with van der Waals surface area (Å²) in [7, 11) is -2.96. The average Bonchev–Trinajstić information content (AvgIpc) is 3.07. The first-order valence-electron chi connectivity index (χ1n) is 8.69. The minimum atomic E-state index is -2.96. The van der Waals surface area contributed by atoms with Gasteiger partial charge in [0, 0.05) is 30.6 Å². The molecule has 0 aliphatic rings. The molecule has 8 heteroatoms. The first-order chi connectivity index (χ1) is 12.4. The standard InChI is InChI=1S/C18H27N5O2S/c1-4-19-18(22-15(2)10-11-26(3,24)25)20-12-16-13-21-23(14-16)17-8-6-5-7-9-17/h5-9,13-15H,4,10-12H2,1-3H3,(H2,19,20,22). The third-order valence-electron chi connectivity index (χ3n) is 3.73. The lowest BCUT2D eigenvalue weighted by Gasteiger charge is -2.17. The van der Waals surface area contributed by atoms with E-state index < -0.39 is 9.84 Å². The van der Waals surface area contributed by atoms with Gasteiger partial charge in [-0.3, -0.25) is 0 Å². The van der Waals surface area contributed by atoms with Crippen LogP contribution >= 0.6 is 0 Å². The van der Waals surface area contributed by atoms with Gasteiger partial charge in [-0.15, -0.1) is 0 Å². The summed E-state index contributed by atoms with van der Waals surface area (Å²) in [6.45, 7) is 5.16. The van der Waals surface area contributed by atoms with Crippen molar-refractivity contribution in [2.75, 3.05) is 18.6 Å². The normalized spacial score (nSPS) is 13.4. The van der Waals surface area contributed by atoms with Crippen molar-refractivity contribution in [3.8, 4) is 5.69 Å². The lowest BCUT2D eigenvalue weighted by molar-refractivity contribution is 0.581. The van der Waals surface area contributed by atoms with Crippen LogP contribution in [0, 0.1) is 0 Å². The fraction of sp³-hybridized carbons (Fsp3) is 0.444. The highest BCUT2D eigenvalue weighted by atomic mass is 32.2. The lowest BCUT2D eigenvalue weighted by Crippen LogP contribution is -2.42. The van der Waals surface area contributed by atoms with Crippen molar-refractivity contribution >= 4 is 15.8 Å². The summed E-state index contributed by atoms with van der Waals surface area (Å²) in [5, 5.41) is 10.8. The zero-order valence-electron chi connectivity index (χ0n) is 15.5. The summed E-state index contributed by atoms with van der Waals surface area (Å²) in [6.07, 6.45) is 5.54. The minimum Gasteiger partial charge on any atom is -0.357 e. The zero-order valence-corrected chi connectivity index (χ0v) is 16.3. The van der Waals surface area contributed by atoms with Gasteiger partial charge in [-0.25, -0.2) is 18.1 Å². The van der Waals surface area contributed by atoms with Gasteiger partial charge in [0.2, 0.25) is 0 Å². The van der Waals surface area contributed by atoms with Crippen molar-refractivity contribution in [3.05, 3.63) is 48.3 Å². The molecule has 2 N–H and O–H groups in total. The van der Waals surface area contributed by atoms with Crippen molar-refractivity contribution < 1.29 is 8.42 Å². The number of aliphatic imine (C=N–C) groups is 1. The van der Waals surface area contributed by atoms with Crippen LogP contribution in [0.4, 0.5) is 0 Å². The molecule has 2 rings (SSSR count). The number of rotatable bonds is 8. The molecule has 0 fully saturated rings. The van der Waals surface area contributed by atoms with Crippen LogP contribution in [0.15, 0.2) is 47.7 Å². The topological polar surface area (TPSA) is 88.4 Å². The molecule has 1 aromatic carbocycles. The fourth-order valence-corrected chi connectivity index (χ4v) is 3.13. The Kier molecular flexibility index (Phi) is 7.20. The Morgan fingerprint density at radius 1 is 1.31 bits per heavy atom. The number of para-hydroxylation sites is 1. The average molecular weight is 378 g/mol. The summed E-state index contributed by atoms with van der Waals surface area (Å²) in [5.74, 6) is 0.825. The quantitative estimate of drug-likeness (QED) is 0.540. The molecule has 1 heterocycles. The number of guanidine groups is 1. The van der Waals surface area contributed by atoms with Gasteiger partial charge in [0.25, 0.3) is 0 Å². The minimum absolute atomic E-state index is 0.00886. The molecule has 0 saturated carbocycles. The Bertz CT molecular complexity index is 815. The van der Waals surface area contributed by atoms with Crippen LogP contribution in [0.2, 0.25) is 0 Å². The maximum Gasteiger partial charge on any atom is 0.191 e. The van der Waals surface area contributed by atoms with E-state index in [1.807, 2.05) is 55.1 Å². The van der Waals surface area contributed by atoms with E-state index in [0.29, 0.717) is 18.9 Å². The largest absolute Gasteiger partial charge is 0.357 e. The second kappa shape index (κ2) is 9.38. The highest BCUT2D eigenvalue weighted by Gasteiger charge is 2.09. The molecule has 1 atom stereocenters. The van der Waals surface area contributed by atoms with Crippen molar-refractivity contribution in [2.45, 2.75) is 32.9 Å². The number of benzene rings is 1. The van der Waals surface area contributed by atoms with Crippen LogP contribution < -0.4 is 10.6 Å². The van der Waals surface area contributed by atoms with Crippen LogP contribution in [-0.4, -0.2) is 48.8 Å². The second-order valence-electron chi connectivity index (χ2n) is 6.29. The van der Waals surface area contributed by atoms with Crippen molar-refractivity contribution in [2.24, 2.45) is 4.99 Å². The van der Waals surface area contributed by atoms with Crippen LogP contribution in [0.25, 0.3) is 5.69 Å². The van der Waals surface area contributed by atoms with Crippen LogP contribution in [0.5, 0.6) is 0 Å². The SMILES string of the molecule is CCNC(=NCc1cnn(-c2ccccc2)c1)NC(C)CCS(C)(=O)=O. The van der Waals surface area contributed by atoms with E-state index in [0.717, 1.165) is 17.8 Å². The van der Waals surface area contributed by atoms with Crippen molar-refractivity contribution in [1.29, 1.82) is 0 Å². The molecule has 26 heavy (non-hydrogen) atoms. The molecule has 1 unspecified atom stereocenters. The predicted octanol–water partition coefficient (Wildman–Crippen LogP) is 1.75. The first kappa shape index (κ1) is 20.0. The smallest absolute Gasteiger partial charge is 0.191 e. The summed E-state index contributed by atoms with van der Waals surface area (Å²) in [6, 6.07) is 9.91. The summed E-state index contributed by atoms with van der Waals surface area (Å²) < 4.78 is 24.4. The molecule has 2 aromatic rings. The fourth-order valence-electron chi connectivity index (χ4n) is 2.35. The van der Waals surface area contributed by atoms with E-state index in [4.69, 9.17) is 0 Å². The number of nitrogens with zero attached hydrogens (tertiary/aromatic N) is 3. The number of aromatic nitrogens is 2. The third kappa shape index (κ3) is 6.87. The maximum atomic E-state index is 11.3. The third-order valence-corrected chi connectivity index (χ3v) is 4.70. The molecule has 0 saturated heterocycles. The molecule has 142 valence electrons. The first-order valence-corrected chi connectivity index (χ1v) is 10.7. The molecule has 7 nitrogen and oxygen atoms in total. The number of hydrogen-bond donors (Lipinski definition) is 2. The molecule has 0 radical (unpaired) electrons. The summed E-state index contributed by atoms with van der Waals surface area (Å²) in [5.41, 5.74) is 2.00. The van der Waals surface area contributed by atoms with Crippen LogP contribution in [0.1, 0.15) is 25.8 Å². The highest BCUT2D eigenvalue weighted by Crippen LogP contribution is 2.08. The van der Waals surface area contributed by atoms with Crippen molar-refractivity contribution in [3.63, 3.8) is 0 Å². The van der Waals surface area contributed by atoms with E-state index >= 15 is 0 Å². The van der Waals surface area contributed by atoms with Gasteiger partial charge in [-0.1, -0.05) is 18.2 Å². The van der Waals surface area contributed by atoms with Gasteiger partial charge in [-0.05, 0) is 32.4 Å². The lowest BCUT2D eigenvalue weighted by atomic mass is 10.3. The molecular formula is C18H27N5O2S. The molecular weight excluding hydrogens is 350 g/mol. The Hall–Kier alpha value is -2.35. The predicted molar refractivity (Wildman–Crippen MR) is 105 cm³/mol. The van der Waals surface area contributed by atoms with Gasteiger partial charge >= 0.3 is 0 Å². The van der Waals surface area contributed by atoms with E-state index in [2.05, 4.69) is 20.7 Å². The van der Waals surface area contributed by atoms with Crippen LogP contribution in [0.3, 0.4) is 0 Å². The van der Waals surface area contributed by atoms with Gasteiger partial charge in [0.05, 0.1) is 24.2 Å². The summed E-state index contributed by atoms with van der Waals surface area (Å²) >= 11 is 0. The number of nitrogens with one attached hydrogen (secondary N) is 2. The monoisotopic (exact) mass is 377 g/mol. The van der Waals surface area contributed by atoms with Gasteiger partial charge < -0.3 is 10.6 Å². The number of hydrogen-bond acceptors (Lipinski definition) is 4. The zero-order chi connectivity index (χ0) is 19.0. The van der Waals surface area contributed by atoms with E-state index in [-0.39, 0.29) is 11.8 Å². The second-order valence-corrected chi connectivity index (χ2v) is 8.55. The van der Waals surface area contributed by atoms with E-state index in [9.17, 15) is 8.42 Å².